The van der Waals surface area contributed by atoms with Crippen LogP contribution in [0.4, 0.5) is 0 Å². The number of nitrogens with zero attached hydrogens (tertiary/aromatic N) is 2. The topological polar surface area (TPSA) is 67.0 Å². The molecule has 0 saturated heterocycles. The number of thioether (sulfide) groups is 1. The molecule has 0 fully saturated rings. The predicted molar refractivity (Wildman–Crippen MR) is 82.8 cm³/mol. The van der Waals surface area contributed by atoms with Gasteiger partial charge < -0.3 is 19.6 Å². The Balaban J connectivity index is 2.22. The molecule has 1 aromatic heterocycles. The molecule has 1 aromatic carbocycles. The molecule has 2 aromatic rings. The molecule has 0 radical (unpaired) electrons. The molecule has 5 nitrogen and oxygen atoms in total. The number of aliphatic hydroxyl groups excluding tert-OH is 2. The molecular formula is C13H18N2O3S2. The number of hydrogen-bond acceptors (Lipinski definition) is 6. The van der Waals surface area contributed by atoms with Crippen molar-refractivity contribution in [2.24, 2.45) is 5.16 Å². The minimum absolute atomic E-state index is 0.0409. The first-order chi connectivity index (χ1) is 9.86. The van der Waals surface area contributed by atoms with E-state index in [0.29, 0.717) is 0 Å². The summed E-state index contributed by atoms with van der Waals surface area (Å²) in [6.45, 7) is 1.18. The van der Waals surface area contributed by atoms with Gasteiger partial charge in [0.05, 0.1) is 23.4 Å². The zero-order chi connectivity index (χ0) is 14.2. The fourth-order valence-corrected chi connectivity index (χ4v) is 3.43. The molecule has 2 N–H and O–H groups in total. The molecule has 0 bridgehead atoms. The lowest BCUT2D eigenvalue weighted by molar-refractivity contribution is 0.0900. The number of aryl methyl sites for hydroxylation is 1. The fraction of sp³-hybridized carbons (Fsp3) is 0.462. The van der Waals surface area contributed by atoms with Crippen LogP contribution in [0, 0.1) is 0 Å². The minimum atomic E-state index is -0.0409. The summed E-state index contributed by atoms with van der Waals surface area (Å²) >= 11 is 3.28. The van der Waals surface area contributed by atoms with Gasteiger partial charge in [-0.05, 0) is 12.1 Å². The number of benzene rings is 1. The first kappa shape index (κ1) is 15.4. The average molecular weight is 314 g/mol. The summed E-state index contributed by atoms with van der Waals surface area (Å²) in [5, 5.41) is 21.6. The highest BCUT2D eigenvalue weighted by Gasteiger charge is 2.05. The van der Waals surface area contributed by atoms with Crippen LogP contribution < -0.4 is 4.80 Å². The van der Waals surface area contributed by atoms with Crippen molar-refractivity contribution in [1.29, 1.82) is 0 Å². The van der Waals surface area contributed by atoms with Crippen LogP contribution in [0.2, 0.25) is 0 Å². The Morgan fingerprint density at radius 2 is 2.05 bits per heavy atom. The largest absolute Gasteiger partial charge is 0.396 e. The zero-order valence-electron chi connectivity index (χ0n) is 11.1. The third-order valence-corrected chi connectivity index (χ3v) is 4.59. The molecule has 0 aliphatic rings. The molecule has 20 heavy (non-hydrogen) atoms. The number of aliphatic hydroxyl groups is 2. The van der Waals surface area contributed by atoms with Gasteiger partial charge in [-0.1, -0.05) is 28.6 Å². The normalized spacial score (nSPS) is 12.2. The molecule has 0 saturated carbocycles. The van der Waals surface area contributed by atoms with Crippen molar-refractivity contribution in [2.75, 3.05) is 31.3 Å². The van der Waals surface area contributed by atoms with Gasteiger partial charge in [0, 0.05) is 18.1 Å². The molecule has 1 heterocycles. The van der Waals surface area contributed by atoms with Crippen molar-refractivity contribution in [2.45, 2.75) is 6.54 Å². The van der Waals surface area contributed by atoms with Crippen LogP contribution in [0.5, 0.6) is 0 Å². The summed E-state index contributed by atoms with van der Waals surface area (Å²) in [5.74, 6) is 1.66. The molecule has 0 atom stereocenters. The van der Waals surface area contributed by atoms with Gasteiger partial charge in [0.2, 0.25) is 4.80 Å². The van der Waals surface area contributed by atoms with Crippen LogP contribution in [-0.4, -0.2) is 46.1 Å². The summed E-state index contributed by atoms with van der Waals surface area (Å²) in [5.41, 5.74) is 1.13. The van der Waals surface area contributed by atoms with E-state index in [2.05, 4.69) is 21.9 Å². The molecule has 0 amide bonds. The molecule has 7 heteroatoms. The maximum absolute atomic E-state index is 8.81. The van der Waals surface area contributed by atoms with E-state index in [1.807, 2.05) is 12.1 Å². The second-order valence-corrected chi connectivity index (χ2v) is 6.22. The van der Waals surface area contributed by atoms with E-state index >= 15 is 0 Å². The van der Waals surface area contributed by atoms with E-state index in [1.165, 1.54) is 0 Å². The van der Waals surface area contributed by atoms with Crippen LogP contribution in [0.15, 0.2) is 29.4 Å². The average Bonchev–Trinajstić information content (AvgIpc) is 2.82. The smallest absolute Gasteiger partial charge is 0.228 e. The van der Waals surface area contributed by atoms with Gasteiger partial charge in [-0.2, -0.15) is 11.8 Å². The van der Waals surface area contributed by atoms with Crippen LogP contribution >= 0.6 is 23.1 Å². The van der Waals surface area contributed by atoms with Gasteiger partial charge in [-0.15, -0.1) is 0 Å². The number of rotatable bonds is 8. The highest BCUT2D eigenvalue weighted by Crippen LogP contribution is 2.17. The van der Waals surface area contributed by atoms with Crippen molar-refractivity contribution in [1.82, 2.24) is 4.57 Å². The summed E-state index contributed by atoms with van der Waals surface area (Å²) in [6.07, 6.45) is 0. The molecule has 2 rings (SSSR count). The lowest BCUT2D eigenvalue weighted by atomic mass is 10.3. The zero-order valence-corrected chi connectivity index (χ0v) is 12.7. The van der Waals surface area contributed by atoms with Crippen molar-refractivity contribution >= 4 is 33.3 Å². The Hall–Kier alpha value is -1.02. The van der Waals surface area contributed by atoms with Gasteiger partial charge in [0.15, 0.2) is 0 Å². The minimum Gasteiger partial charge on any atom is -0.396 e. The lowest BCUT2D eigenvalue weighted by Gasteiger charge is -2.04. The summed E-state index contributed by atoms with van der Waals surface area (Å²) in [4.78, 5) is 5.88. The van der Waals surface area contributed by atoms with Crippen LogP contribution in [0.3, 0.4) is 0 Å². The van der Waals surface area contributed by atoms with E-state index in [1.54, 1.807) is 23.1 Å². The SMILES string of the molecule is OCCO/N=c1/sc2ccccc2n1CCSCCO. The third-order valence-electron chi connectivity index (χ3n) is 2.61. The standard InChI is InChI=1S/C13H18N2O3S2/c16-6-8-18-14-13-15(5-9-19-10-7-17)11-3-1-2-4-12(11)20-13/h1-4,16-17H,5-10H2/b14-13+. The van der Waals surface area contributed by atoms with E-state index in [9.17, 15) is 0 Å². The first-order valence-corrected chi connectivity index (χ1v) is 8.37. The van der Waals surface area contributed by atoms with E-state index in [4.69, 9.17) is 15.1 Å². The van der Waals surface area contributed by atoms with Crippen LogP contribution in [0.25, 0.3) is 10.2 Å². The van der Waals surface area contributed by atoms with E-state index in [0.717, 1.165) is 33.1 Å². The molecule has 0 unspecified atom stereocenters. The summed E-state index contributed by atoms with van der Waals surface area (Å²) < 4.78 is 3.27. The van der Waals surface area contributed by atoms with E-state index in [-0.39, 0.29) is 19.8 Å². The van der Waals surface area contributed by atoms with Crippen LogP contribution in [0.1, 0.15) is 0 Å². The summed E-state index contributed by atoms with van der Waals surface area (Å²) in [7, 11) is 0. The highest BCUT2D eigenvalue weighted by molar-refractivity contribution is 7.99. The summed E-state index contributed by atoms with van der Waals surface area (Å²) in [6, 6.07) is 8.13. The van der Waals surface area contributed by atoms with Crippen molar-refractivity contribution < 1.29 is 15.1 Å². The Labute approximate surface area is 125 Å². The van der Waals surface area contributed by atoms with Gasteiger partial charge >= 0.3 is 0 Å². The van der Waals surface area contributed by atoms with Crippen molar-refractivity contribution in [3.05, 3.63) is 29.1 Å². The number of hydrogen-bond donors (Lipinski definition) is 2. The second kappa shape index (κ2) is 8.31. The third kappa shape index (κ3) is 3.99. The Morgan fingerprint density at radius 3 is 2.85 bits per heavy atom. The van der Waals surface area contributed by atoms with E-state index < -0.39 is 0 Å². The number of fused-ring (bicyclic) bond motifs is 1. The van der Waals surface area contributed by atoms with Gasteiger partial charge in [-0.25, -0.2) is 0 Å². The van der Waals surface area contributed by atoms with Crippen molar-refractivity contribution in [3.8, 4) is 0 Å². The quantitative estimate of drug-likeness (QED) is 0.568. The number of para-hydroxylation sites is 1. The molecule has 110 valence electrons. The Kier molecular flexibility index (Phi) is 6.38. The highest BCUT2D eigenvalue weighted by atomic mass is 32.2. The Bertz CT molecular complexity index is 595. The number of aromatic nitrogens is 1. The Morgan fingerprint density at radius 1 is 1.20 bits per heavy atom. The second-order valence-electron chi connectivity index (χ2n) is 3.99. The van der Waals surface area contributed by atoms with Gasteiger partial charge in [-0.3, -0.25) is 0 Å². The molecular weight excluding hydrogens is 296 g/mol. The maximum atomic E-state index is 8.81. The lowest BCUT2D eigenvalue weighted by Crippen LogP contribution is -2.17. The molecule has 0 aliphatic heterocycles. The first-order valence-electron chi connectivity index (χ1n) is 6.40. The monoisotopic (exact) mass is 314 g/mol. The molecule has 0 aliphatic carbocycles. The van der Waals surface area contributed by atoms with Gasteiger partial charge in [0.1, 0.15) is 6.61 Å². The number of thiazole rings is 1. The maximum Gasteiger partial charge on any atom is 0.228 e. The fourth-order valence-electron chi connectivity index (χ4n) is 1.77. The van der Waals surface area contributed by atoms with Gasteiger partial charge in [0.25, 0.3) is 0 Å². The van der Waals surface area contributed by atoms with Crippen molar-refractivity contribution in [3.63, 3.8) is 0 Å². The predicted octanol–water partition coefficient (Wildman–Crippen LogP) is 1.25. The molecule has 0 spiro atoms. The van der Waals surface area contributed by atoms with Crippen LogP contribution in [-0.2, 0) is 11.4 Å².